The van der Waals surface area contributed by atoms with Gasteiger partial charge in [0.15, 0.2) is 0 Å². The van der Waals surface area contributed by atoms with Gasteiger partial charge in [0.1, 0.15) is 18.3 Å². The molecule has 0 radical (unpaired) electrons. The van der Waals surface area contributed by atoms with Crippen molar-refractivity contribution < 1.29 is 39.0 Å². The van der Waals surface area contributed by atoms with Gasteiger partial charge in [0.25, 0.3) is 16.0 Å². The summed E-state index contributed by atoms with van der Waals surface area (Å²) in [5, 5.41) is 18.1. The molecular formula is C12H18N4O9. The van der Waals surface area contributed by atoms with Gasteiger partial charge < -0.3 is 19.9 Å². The lowest BCUT2D eigenvalue weighted by Crippen LogP contribution is -2.34. The summed E-state index contributed by atoms with van der Waals surface area (Å²) < 4.78 is 4.90. The Labute approximate surface area is 141 Å². The van der Waals surface area contributed by atoms with E-state index in [1.807, 2.05) is 0 Å². The molecule has 0 fully saturated rings. The lowest BCUT2D eigenvalue weighted by atomic mass is 10.1. The van der Waals surface area contributed by atoms with Crippen molar-refractivity contribution in [2.45, 2.75) is 51.7 Å². The van der Waals surface area contributed by atoms with Crippen molar-refractivity contribution >= 4 is 17.5 Å². The minimum absolute atomic E-state index is 0.0414. The Hall–Kier alpha value is -3.08. The SMILES string of the molecule is CC(C)(C)OC(=O)C(=[N+]=[N-])C(=O)CCCC(CO[N+](=O)[O-])O[N+](=O)[O-]. The van der Waals surface area contributed by atoms with E-state index >= 15 is 0 Å². The van der Waals surface area contributed by atoms with E-state index in [0.29, 0.717) is 0 Å². The summed E-state index contributed by atoms with van der Waals surface area (Å²) in [4.78, 5) is 54.8. The second-order valence-corrected chi connectivity index (χ2v) is 5.74. The number of rotatable bonds is 11. The molecule has 0 bridgehead atoms. The maximum absolute atomic E-state index is 11.9. The largest absolute Gasteiger partial charge is 0.451 e. The predicted molar refractivity (Wildman–Crippen MR) is 78.1 cm³/mol. The molecule has 0 aromatic heterocycles. The van der Waals surface area contributed by atoms with Crippen molar-refractivity contribution in [1.82, 2.24) is 0 Å². The third-order valence-electron chi connectivity index (χ3n) is 2.49. The maximum atomic E-state index is 11.9. The number of esters is 1. The van der Waals surface area contributed by atoms with E-state index in [2.05, 4.69) is 14.5 Å². The monoisotopic (exact) mass is 362 g/mol. The van der Waals surface area contributed by atoms with Gasteiger partial charge in [-0.2, -0.15) is 4.79 Å². The molecular weight excluding hydrogens is 344 g/mol. The van der Waals surface area contributed by atoms with Crippen molar-refractivity contribution in [3.8, 4) is 0 Å². The van der Waals surface area contributed by atoms with Gasteiger partial charge >= 0.3 is 11.7 Å². The van der Waals surface area contributed by atoms with E-state index in [4.69, 9.17) is 10.3 Å². The molecule has 1 atom stereocenters. The van der Waals surface area contributed by atoms with E-state index in [0.717, 1.165) is 0 Å². The summed E-state index contributed by atoms with van der Waals surface area (Å²) in [7, 11) is 0. The fourth-order valence-electron chi connectivity index (χ4n) is 1.58. The molecule has 0 saturated heterocycles. The summed E-state index contributed by atoms with van der Waals surface area (Å²) in [5.41, 5.74) is 7.07. The molecule has 0 aliphatic carbocycles. The van der Waals surface area contributed by atoms with Crippen molar-refractivity contribution in [3.05, 3.63) is 25.8 Å². The standard InChI is InChI=1S/C12H18N4O9/c1-12(2,3)24-11(18)10(14-13)9(17)6-4-5-8(25-16(21)22)7-23-15(19)20/h8H,4-7H2,1-3H3. The highest BCUT2D eigenvalue weighted by Gasteiger charge is 2.33. The zero-order chi connectivity index (χ0) is 19.6. The van der Waals surface area contributed by atoms with Crippen LogP contribution in [0.25, 0.3) is 5.53 Å². The molecule has 1 unspecified atom stereocenters. The normalized spacial score (nSPS) is 11.6. The third-order valence-corrected chi connectivity index (χ3v) is 2.49. The Morgan fingerprint density at radius 3 is 2.24 bits per heavy atom. The molecule has 13 nitrogen and oxygen atoms in total. The lowest BCUT2D eigenvalue weighted by Gasteiger charge is -2.17. The van der Waals surface area contributed by atoms with Crippen molar-refractivity contribution in [1.29, 1.82) is 0 Å². The van der Waals surface area contributed by atoms with Crippen LogP contribution in [0, 0.1) is 20.2 Å². The number of hydrogen-bond donors (Lipinski definition) is 0. The highest BCUT2D eigenvalue weighted by Crippen LogP contribution is 2.10. The molecule has 140 valence electrons. The molecule has 0 amide bonds. The zero-order valence-electron chi connectivity index (χ0n) is 13.9. The first kappa shape index (κ1) is 21.9. The molecule has 0 saturated carbocycles. The average molecular weight is 362 g/mol. The van der Waals surface area contributed by atoms with Crippen LogP contribution >= 0.6 is 0 Å². The lowest BCUT2D eigenvalue weighted by molar-refractivity contribution is -0.790. The molecule has 0 aliphatic heterocycles. The van der Waals surface area contributed by atoms with E-state index in [9.17, 15) is 29.8 Å². The molecule has 0 N–H and O–H groups in total. The van der Waals surface area contributed by atoms with Crippen molar-refractivity contribution in [2.24, 2.45) is 0 Å². The van der Waals surface area contributed by atoms with E-state index in [1.165, 1.54) is 0 Å². The number of Topliss-reactive ketones (excluding diaryl/α,β-unsaturated/α-hetero) is 1. The van der Waals surface area contributed by atoms with Crippen LogP contribution in [0.5, 0.6) is 0 Å². The number of hydrogen-bond acceptors (Lipinski definition) is 9. The first-order chi connectivity index (χ1) is 11.5. The van der Waals surface area contributed by atoms with Gasteiger partial charge in [0.05, 0.1) is 0 Å². The summed E-state index contributed by atoms with van der Waals surface area (Å²) in [6.45, 7) is 3.97. The van der Waals surface area contributed by atoms with Gasteiger partial charge in [0.2, 0.25) is 0 Å². The quantitative estimate of drug-likeness (QED) is 0.0960. The summed E-state index contributed by atoms with van der Waals surface area (Å²) in [6, 6.07) is 0. The minimum Gasteiger partial charge on any atom is -0.451 e. The van der Waals surface area contributed by atoms with Crippen LogP contribution in [-0.4, -0.2) is 50.7 Å². The predicted octanol–water partition coefficient (Wildman–Crippen LogP) is 0.524. The molecule has 25 heavy (non-hydrogen) atoms. The second kappa shape index (κ2) is 9.93. The summed E-state index contributed by atoms with van der Waals surface area (Å²) in [5.74, 6) is -1.97. The van der Waals surface area contributed by atoms with Crippen LogP contribution < -0.4 is 0 Å². The van der Waals surface area contributed by atoms with Gasteiger partial charge in [-0.1, -0.05) is 0 Å². The number of nitrogens with zero attached hydrogens (tertiary/aromatic N) is 4. The van der Waals surface area contributed by atoms with Crippen LogP contribution in [0.2, 0.25) is 0 Å². The van der Waals surface area contributed by atoms with Gasteiger partial charge in [-0.05, 0) is 33.6 Å². The van der Waals surface area contributed by atoms with Gasteiger partial charge in [0, 0.05) is 6.42 Å². The number of carbonyl (C=O) groups is 2. The van der Waals surface area contributed by atoms with Crippen molar-refractivity contribution in [3.63, 3.8) is 0 Å². The molecule has 0 aliphatic rings. The first-order valence-electron chi connectivity index (χ1n) is 7.03. The average Bonchev–Trinajstić information content (AvgIpc) is 2.42. The Balaban J connectivity index is 4.62. The second-order valence-electron chi connectivity index (χ2n) is 5.74. The molecule has 0 heterocycles. The Morgan fingerprint density at radius 1 is 1.20 bits per heavy atom. The zero-order valence-corrected chi connectivity index (χ0v) is 13.9. The highest BCUT2D eigenvalue weighted by atomic mass is 17.0. The number of ether oxygens (including phenoxy) is 1. The van der Waals surface area contributed by atoms with Gasteiger partial charge in [-0.15, -0.1) is 20.2 Å². The Kier molecular flexibility index (Phi) is 8.70. The smallest absolute Gasteiger partial charge is 0.441 e. The Morgan fingerprint density at radius 2 is 1.80 bits per heavy atom. The minimum atomic E-state index is -1.27. The van der Waals surface area contributed by atoms with E-state index < -0.39 is 45.9 Å². The van der Waals surface area contributed by atoms with Crippen LogP contribution in [0.4, 0.5) is 0 Å². The molecule has 13 heteroatoms. The third kappa shape index (κ3) is 10.3. The van der Waals surface area contributed by atoms with E-state index in [1.54, 1.807) is 20.8 Å². The first-order valence-corrected chi connectivity index (χ1v) is 7.03. The molecule has 0 rings (SSSR count). The fourth-order valence-corrected chi connectivity index (χ4v) is 1.58. The Bertz CT molecular complexity index is 578. The van der Waals surface area contributed by atoms with Crippen LogP contribution in [0.3, 0.4) is 0 Å². The molecule has 0 aromatic carbocycles. The van der Waals surface area contributed by atoms with Gasteiger partial charge in [-0.3, -0.25) is 4.79 Å². The summed E-state index contributed by atoms with van der Waals surface area (Å²) >= 11 is 0. The highest BCUT2D eigenvalue weighted by molar-refractivity contribution is 6.62. The number of carbonyl (C=O) groups excluding carboxylic acids is 2. The van der Waals surface area contributed by atoms with E-state index in [-0.39, 0.29) is 19.3 Å². The summed E-state index contributed by atoms with van der Waals surface area (Å²) in [6.07, 6.45) is -1.79. The maximum Gasteiger partial charge on any atom is 0.441 e. The van der Waals surface area contributed by atoms with Crippen LogP contribution in [0.15, 0.2) is 0 Å². The van der Waals surface area contributed by atoms with Crippen molar-refractivity contribution in [2.75, 3.05) is 6.61 Å². The van der Waals surface area contributed by atoms with Gasteiger partial charge in [-0.25, -0.2) is 4.79 Å². The molecule has 0 spiro atoms. The van der Waals surface area contributed by atoms with Crippen LogP contribution in [0.1, 0.15) is 40.0 Å². The topological polar surface area (TPSA) is 185 Å². The fraction of sp³-hybridized carbons (Fsp3) is 0.750. The van der Waals surface area contributed by atoms with Crippen LogP contribution in [-0.2, 0) is 24.0 Å². The number of ketones is 1. The molecule has 0 aromatic rings.